The molecule has 1 N–H and O–H groups in total. The van der Waals surface area contributed by atoms with Crippen LogP contribution in [0.3, 0.4) is 0 Å². The maximum Gasteiger partial charge on any atom is 0.0438 e. The second-order valence-electron chi connectivity index (χ2n) is 3.25. The molecule has 2 rings (SSSR count). The van der Waals surface area contributed by atoms with Crippen LogP contribution in [-0.2, 0) is 0 Å². The number of nitrogens with one attached hydrogen (secondary N) is 1. The molecular formula is C10H12ClN. The highest BCUT2D eigenvalue weighted by molar-refractivity contribution is 6.31. The quantitative estimate of drug-likeness (QED) is 0.703. The van der Waals surface area contributed by atoms with E-state index in [-0.39, 0.29) is 0 Å². The SMILES string of the molecule is Cc1c(Cl)cccc1C1CCN1. The van der Waals surface area contributed by atoms with Crippen molar-refractivity contribution in [2.75, 3.05) is 6.54 Å². The lowest BCUT2D eigenvalue weighted by molar-refractivity contribution is 0.382. The zero-order valence-corrected chi connectivity index (χ0v) is 7.86. The molecule has 0 amide bonds. The van der Waals surface area contributed by atoms with Gasteiger partial charge in [0, 0.05) is 11.1 Å². The molecule has 1 nitrogen and oxygen atoms in total. The molecule has 2 heteroatoms. The molecule has 1 atom stereocenters. The van der Waals surface area contributed by atoms with Gasteiger partial charge in [-0.2, -0.15) is 0 Å². The zero-order valence-electron chi connectivity index (χ0n) is 7.10. The summed E-state index contributed by atoms with van der Waals surface area (Å²) in [5.74, 6) is 0. The summed E-state index contributed by atoms with van der Waals surface area (Å²) in [6, 6.07) is 6.66. The van der Waals surface area contributed by atoms with Crippen LogP contribution < -0.4 is 5.32 Å². The topological polar surface area (TPSA) is 12.0 Å². The van der Waals surface area contributed by atoms with E-state index in [9.17, 15) is 0 Å². The lowest BCUT2D eigenvalue weighted by Gasteiger charge is -2.29. The first-order valence-corrected chi connectivity index (χ1v) is 4.65. The Hall–Kier alpha value is -0.530. The maximum absolute atomic E-state index is 6.01. The summed E-state index contributed by atoms with van der Waals surface area (Å²) in [6.07, 6.45) is 1.24. The van der Waals surface area contributed by atoms with Crippen molar-refractivity contribution in [1.82, 2.24) is 5.32 Å². The molecule has 0 saturated carbocycles. The molecule has 1 aliphatic rings. The van der Waals surface area contributed by atoms with Gasteiger partial charge in [-0.3, -0.25) is 0 Å². The zero-order chi connectivity index (χ0) is 8.55. The van der Waals surface area contributed by atoms with Crippen LogP contribution in [0.25, 0.3) is 0 Å². The standard InChI is InChI=1S/C10H12ClN/c1-7-8(10-5-6-12-10)3-2-4-9(7)11/h2-4,10,12H,5-6H2,1H3. The Labute approximate surface area is 77.7 Å². The van der Waals surface area contributed by atoms with Crippen molar-refractivity contribution in [3.8, 4) is 0 Å². The third kappa shape index (κ3) is 1.23. The van der Waals surface area contributed by atoms with Gasteiger partial charge in [0.25, 0.3) is 0 Å². The largest absolute Gasteiger partial charge is 0.310 e. The molecule has 1 aromatic carbocycles. The molecule has 12 heavy (non-hydrogen) atoms. The fraction of sp³-hybridized carbons (Fsp3) is 0.400. The van der Waals surface area contributed by atoms with E-state index < -0.39 is 0 Å². The third-order valence-corrected chi connectivity index (χ3v) is 2.92. The first-order valence-electron chi connectivity index (χ1n) is 4.27. The van der Waals surface area contributed by atoms with E-state index in [4.69, 9.17) is 11.6 Å². The molecular weight excluding hydrogens is 170 g/mol. The molecule has 1 fully saturated rings. The van der Waals surface area contributed by atoms with Crippen LogP contribution in [0.1, 0.15) is 23.6 Å². The van der Waals surface area contributed by atoms with Gasteiger partial charge >= 0.3 is 0 Å². The van der Waals surface area contributed by atoms with Crippen molar-refractivity contribution in [2.24, 2.45) is 0 Å². The molecule has 0 aliphatic carbocycles. The van der Waals surface area contributed by atoms with Crippen LogP contribution in [0, 0.1) is 6.92 Å². The second kappa shape index (κ2) is 3.08. The predicted octanol–water partition coefficient (Wildman–Crippen LogP) is 2.68. The Kier molecular flexibility index (Phi) is 2.07. The van der Waals surface area contributed by atoms with E-state index in [0.717, 1.165) is 11.6 Å². The van der Waals surface area contributed by atoms with E-state index >= 15 is 0 Å². The van der Waals surface area contributed by atoms with Gasteiger partial charge in [-0.25, -0.2) is 0 Å². The van der Waals surface area contributed by atoms with Crippen LogP contribution in [-0.4, -0.2) is 6.54 Å². The molecule has 1 aliphatic heterocycles. The Morgan fingerprint density at radius 1 is 1.50 bits per heavy atom. The average molecular weight is 182 g/mol. The maximum atomic E-state index is 6.01. The smallest absolute Gasteiger partial charge is 0.0438 e. The first kappa shape index (κ1) is 8.09. The van der Waals surface area contributed by atoms with E-state index in [0.29, 0.717) is 6.04 Å². The summed E-state index contributed by atoms with van der Waals surface area (Å²) in [4.78, 5) is 0. The summed E-state index contributed by atoms with van der Waals surface area (Å²) in [7, 11) is 0. The average Bonchev–Trinajstić information content (AvgIpc) is 1.95. The van der Waals surface area contributed by atoms with Crippen LogP contribution in [0.2, 0.25) is 5.02 Å². The minimum Gasteiger partial charge on any atom is -0.310 e. The summed E-state index contributed by atoms with van der Waals surface area (Å²) < 4.78 is 0. The van der Waals surface area contributed by atoms with Crippen molar-refractivity contribution < 1.29 is 0 Å². The van der Waals surface area contributed by atoms with Crippen LogP contribution in [0.4, 0.5) is 0 Å². The van der Waals surface area contributed by atoms with Gasteiger partial charge in [0.05, 0.1) is 0 Å². The molecule has 0 spiro atoms. The summed E-state index contributed by atoms with van der Waals surface area (Å²) in [5, 5.41) is 4.25. The Balaban J connectivity index is 2.36. The van der Waals surface area contributed by atoms with Crippen LogP contribution in [0.5, 0.6) is 0 Å². The van der Waals surface area contributed by atoms with Gasteiger partial charge in [-0.1, -0.05) is 23.7 Å². The minimum absolute atomic E-state index is 0.545. The van der Waals surface area contributed by atoms with Gasteiger partial charge in [-0.15, -0.1) is 0 Å². The number of hydrogen-bond acceptors (Lipinski definition) is 1. The third-order valence-electron chi connectivity index (χ3n) is 2.51. The fourth-order valence-electron chi connectivity index (χ4n) is 1.56. The minimum atomic E-state index is 0.545. The Bertz CT molecular complexity index is 292. The van der Waals surface area contributed by atoms with E-state index in [1.165, 1.54) is 17.5 Å². The summed E-state index contributed by atoms with van der Waals surface area (Å²) >= 11 is 6.01. The number of hydrogen-bond donors (Lipinski definition) is 1. The number of benzene rings is 1. The molecule has 64 valence electrons. The molecule has 1 unspecified atom stereocenters. The van der Waals surface area contributed by atoms with Crippen molar-refractivity contribution in [3.63, 3.8) is 0 Å². The normalized spacial score (nSPS) is 22.0. The number of halogens is 1. The Morgan fingerprint density at radius 3 is 2.83 bits per heavy atom. The molecule has 0 radical (unpaired) electrons. The molecule has 1 saturated heterocycles. The molecule has 0 bridgehead atoms. The molecule has 0 aromatic heterocycles. The van der Waals surface area contributed by atoms with Crippen molar-refractivity contribution in [3.05, 3.63) is 34.3 Å². The predicted molar refractivity (Wildman–Crippen MR) is 51.5 cm³/mol. The summed E-state index contributed by atoms with van der Waals surface area (Å²) in [6.45, 7) is 3.22. The molecule has 1 heterocycles. The van der Waals surface area contributed by atoms with E-state index in [1.54, 1.807) is 0 Å². The van der Waals surface area contributed by atoms with E-state index in [1.807, 2.05) is 12.1 Å². The van der Waals surface area contributed by atoms with Crippen molar-refractivity contribution in [1.29, 1.82) is 0 Å². The second-order valence-corrected chi connectivity index (χ2v) is 3.66. The Morgan fingerprint density at radius 2 is 2.25 bits per heavy atom. The van der Waals surface area contributed by atoms with E-state index in [2.05, 4.69) is 18.3 Å². The molecule has 1 aromatic rings. The lowest BCUT2D eigenvalue weighted by Crippen LogP contribution is -2.35. The lowest BCUT2D eigenvalue weighted by atomic mass is 9.94. The monoisotopic (exact) mass is 181 g/mol. The van der Waals surface area contributed by atoms with Crippen LogP contribution in [0.15, 0.2) is 18.2 Å². The van der Waals surface area contributed by atoms with Gasteiger partial charge in [0.2, 0.25) is 0 Å². The highest BCUT2D eigenvalue weighted by Gasteiger charge is 2.20. The van der Waals surface area contributed by atoms with Gasteiger partial charge in [0.15, 0.2) is 0 Å². The van der Waals surface area contributed by atoms with Gasteiger partial charge in [-0.05, 0) is 37.1 Å². The van der Waals surface area contributed by atoms with Gasteiger partial charge in [0.1, 0.15) is 0 Å². The van der Waals surface area contributed by atoms with Crippen molar-refractivity contribution >= 4 is 11.6 Å². The highest BCUT2D eigenvalue weighted by atomic mass is 35.5. The highest BCUT2D eigenvalue weighted by Crippen LogP contribution is 2.29. The fourth-order valence-corrected chi connectivity index (χ4v) is 1.74. The van der Waals surface area contributed by atoms with Crippen molar-refractivity contribution in [2.45, 2.75) is 19.4 Å². The number of rotatable bonds is 1. The van der Waals surface area contributed by atoms with Gasteiger partial charge < -0.3 is 5.32 Å². The van der Waals surface area contributed by atoms with Crippen LogP contribution >= 0.6 is 11.6 Å². The first-order chi connectivity index (χ1) is 5.79. The summed E-state index contributed by atoms with van der Waals surface area (Å²) in [5.41, 5.74) is 2.57.